The van der Waals surface area contributed by atoms with Crippen LogP contribution >= 0.6 is 0 Å². The van der Waals surface area contributed by atoms with E-state index in [1.807, 2.05) is 6.92 Å². The van der Waals surface area contributed by atoms with Gasteiger partial charge < -0.3 is 10.0 Å². The van der Waals surface area contributed by atoms with Crippen LogP contribution in [-0.2, 0) is 9.59 Å². The Kier molecular flexibility index (Phi) is 4.01. The number of carboxylic acid groups (broad SMARTS) is 1. The first kappa shape index (κ1) is 14.4. The Morgan fingerprint density at radius 1 is 1.45 bits per heavy atom. The lowest BCUT2D eigenvalue weighted by atomic mass is 9.93. The highest BCUT2D eigenvalue weighted by Gasteiger charge is 2.45. The average Bonchev–Trinajstić information content (AvgIpc) is 2.71. The Balaban J connectivity index is 2.48. The second kappa shape index (κ2) is 5.56. The van der Waals surface area contributed by atoms with Gasteiger partial charge in [0, 0.05) is 18.5 Å². The van der Waals surface area contributed by atoms with Gasteiger partial charge in [0.2, 0.25) is 5.91 Å². The normalized spacial score (nSPS) is 22.4. The van der Waals surface area contributed by atoms with Crippen molar-refractivity contribution in [3.63, 3.8) is 0 Å². The summed E-state index contributed by atoms with van der Waals surface area (Å²) in [6.07, 6.45) is 0.432. The number of carboxylic acids is 1. The van der Waals surface area contributed by atoms with Crippen molar-refractivity contribution in [2.45, 2.75) is 25.8 Å². The first-order valence-electron chi connectivity index (χ1n) is 6.43. The monoisotopic (exact) mass is 283 g/mol. The first-order valence-corrected chi connectivity index (χ1v) is 6.43. The topological polar surface area (TPSA) is 57.6 Å². The fourth-order valence-corrected chi connectivity index (χ4v) is 2.64. The van der Waals surface area contributed by atoms with Gasteiger partial charge in [-0.2, -0.15) is 0 Å². The summed E-state index contributed by atoms with van der Waals surface area (Å²) in [4.78, 5) is 24.5. The van der Waals surface area contributed by atoms with Crippen LogP contribution in [0.4, 0.5) is 8.78 Å². The number of carbonyl (C=O) groups excluding carboxylic acids is 1. The second-order valence-electron chi connectivity index (χ2n) is 4.85. The summed E-state index contributed by atoms with van der Waals surface area (Å²) in [5.41, 5.74) is -0.0725. The number of likely N-dealkylation sites (tertiary alicyclic amines) is 1. The van der Waals surface area contributed by atoms with Gasteiger partial charge in [0.05, 0.1) is 12.0 Å². The van der Waals surface area contributed by atoms with Crippen LogP contribution < -0.4 is 0 Å². The van der Waals surface area contributed by atoms with Gasteiger partial charge in [-0.25, -0.2) is 8.78 Å². The molecule has 4 nitrogen and oxygen atoms in total. The molecule has 1 amide bonds. The Morgan fingerprint density at radius 3 is 2.75 bits per heavy atom. The SMILES string of the molecule is CCCN1C(=O)CC(C(=O)O)C1c1cc(F)ccc1F. The van der Waals surface area contributed by atoms with Crippen LogP contribution in [0.2, 0.25) is 0 Å². The highest BCUT2D eigenvalue weighted by atomic mass is 19.1. The van der Waals surface area contributed by atoms with Crippen molar-refractivity contribution in [1.82, 2.24) is 4.90 Å². The third-order valence-electron chi connectivity index (χ3n) is 3.49. The van der Waals surface area contributed by atoms with Gasteiger partial charge >= 0.3 is 5.97 Å². The van der Waals surface area contributed by atoms with Crippen molar-refractivity contribution in [1.29, 1.82) is 0 Å². The molecule has 1 aromatic rings. The van der Waals surface area contributed by atoms with Crippen LogP contribution in [0, 0.1) is 17.6 Å². The van der Waals surface area contributed by atoms with Crippen molar-refractivity contribution in [2.24, 2.45) is 5.92 Å². The minimum Gasteiger partial charge on any atom is -0.481 e. The minimum atomic E-state index is -1.18. The summed E-state index contributed by atoms with van der Waals surface area (Å²) in [6, 6.07) is 1.94. The number of amides is 1. The average molecular weight is 283 g/mol. The van der Waals surface area contributed by atoms with E-state index in [4.69, 9.17) is 0 Å². The molecular formula is C14H15F2NO3. The van der Waals surface area contributed by atoms with Gasteiger partial charge in [-0.15, -0.1) is 0 Å². The number of nitrogens with zero attached hydrogens (tertiary/aromatic N) is 1. The molecule has 2 unspecified atom stereocenters. The molecule has 2 rings (SSSR count). The lowest BCUT2D eigenvalue weighted by Gasteiger charge is -2.27. The van der Waals surface area contributed by atoms with Gasteiger partial charge in [-0.05, 0) is 24.6 Å². The lowest BCUT2D eigenvalue weighted by Crippen LogP contribution is -2.32. The molecule has 2 atom stereocenters. The van der Waals surface area contributed by atoms with E-state index in [0.717, 1.165) is 18.2 Å². The van der Waals surface area contributed by atoms with Gasteiger partial charge in [-0.1, -0.05) is 6.92 Å². The predicted octanol–water partition coefficient (Wildman–Crippen LogP) is 2.35. The lowest BCUT2D eigenvalue weighted by molar-refractivity contribution is -0.142. The molecule has 0 aromatic heterocycles. The molecule has 1 N–H and O–H groups in total. The Morgan fingerprint density at radius 2 is 2.15 bits per heavy atom. The smallest absolute Gasteiger partial charge is 0.309 e. The summed E-state index contributed by atoms with van der Waals surface area (Å²) in [6.45, 7) is 2.16. The van der Waals surface area contributed by atoms with Crippen LogP contribution in [0.5, 0.6) is 0 Å². The Hall–Kier alpha value is -1.98. The molecule has 20 heavy (non-hydrogen) atoms. The summed E-state index contributed by atoms with van der Waals surface area (Å²) in [5, 5.41) is 9.21. The minimum absolute atomic E-state index is 0.0725. The van der Waals surface area contributed by atoms with Gasteiger partial charge in [0.15, 0.2) is 0 Å². The van der Waals surface area contributed by atoms with Crippen molar-refractivity contribution in [2.75, 3.05) is 6.54 Å². The van der Waals surface area contributed by atoms with Crippen LogP contribution in [0.1, 0.15) is 31.4 Å². The highest BCUT2D eigenvalue weighted by molar-refractivity contribution is 5.87. The van der Waals surface area contributed by atoms with Crippen molar-refractivity contribution in [3.05, 3.63) is 35.4 Å². The van der Waals surface area contributed by atoms with Crippen LogP contribution in [0.3, 0.4) is 0 Å². The maximum Gasteiger partial charge on any atom is 0.309 e. The molecule has 0 bridgehead atoms. The number of rotatable bonds is 4. The van der Waals surface area contributed by atoms with Crippen LogP contribution in [-0.4, -0.2) is 28.4 Å². The molecule has 1 saturated heterocycles. The summed E-state index contributed by atoms with van der Waals surface area (Å²) < 4.78 is 27.2. The second-order valence-corrected chi connectivity index (χ2v) is 4.85. The molecule has 1 fully saturated rings. The van der Waals surface area contributed by atoms with E-state index < -0.39 is 29.6 Å². The standard InChI is InChI=1S/C14H15F2NO3/c1-2-5-17-12(18)7-10(14(19)20)13(17)9-6-8(15)3-4-11(9)16/h3-4,6,10,13H,2,5,7H2,1H3,(H,19,20). The zero-order chi connectivity index (χ0) is 14.9. The maximum absolute atomic E-state index is 13.9. The number of halogens is 2. The molecule has 1 aliphatic heterocycles. The van der Waals surface area contributed by atoms with Crippen LogP contribution in [0.25, 0.3) is 0 Å². The molecule has 0 spiro atoms. The predicted molar refractivity (Wildman–Crippen MR) is 66.8 cm³/mol. The van der Waals surface area contributed by atoms with E-state index in [1.165, 1.54) is 4.90 Å². The van der Waals surface area contributed by atoms with E-state index in [-0.39, 0.29) is 17.9 Å². The van der Waals surface area contributed by atoms with E-state index in [9.17, 15) is 23.5 Å². The van der Waals surface area contributed by atoms with E-state index in [0.29, 0.717) is 13.0 Å². The molecule has 108 valence electrons. The number of aliphatic carboxylic acids is 1. The quantitative estimate of drug-likeness (QED) is 0.922. The third kappa shape index (κ3) is 2.50. The fourth-order valence-electron chi connectivity index (χ4n) is 2.64. The number of hydrogen-bond donors (Lipinski definition) is 1. The number of hydrogen-bond acceptors (Lipinski definition) is 2. The van der Waals surface area contributed by atoms with Crippen molar-refractivity contribution >= 4 is 11.9 Å². The summed E-state index contributed by atoms with van der Waals surface area (Å²) >= 11 is 0. The van der Waals surface area contributed by atoms with Crippen molar-refractivity contribution < 1.29 is 23.5 Å². The highest BCUT2D eigenvalue weighted by Crippen LogP contribution is 2.39. The zero-order valence-electron chi connectivity index (χ0n) is 11.0. The van der Waals surface area contributed by atoms with Crippen molar-refractivity contribution in [3.8, 4) is 0 Å². The summed E-state index contributed by atoms with van der Waals surface area (Å²) in [5.74, 6) is -3.91. The molecular weight excluding hydrogens is 268 g/mol. The van der Waals surface area contributed by atoms with E-state index >= 15 is 0 Å². The molecule has 0 aliphatic carbocycles. The molecule has 1 aliphatic rings. The van der Waals surface area contributed by atoms with Gasteiger partial charge in [-0.3, -0.25) is 9.59 Å². The largest absolute Gasteiger partial charge is 0.481 e. The fraction of sp³-hybridized carbons (Fsp3) is 0.429. The molecule has 1 heterocycles. The molecule has 6 heteroatoms. The molecule has 0 saturated carbocycles. The third-order valence-corrected chi connectivity index (χ3v) is 3.49. The summed E-state index contributed by atoms with van der Waals surface area (Å²) in [7, 11) is 0. The Labute approximate surface area is 115 Å². The van der Waals surface area contributed by atoms with Gasteiger partial charge in [0.25, 0.3) is 0 Å². The van der Waals surface area contributed by atoms with E-state index in [1.54, 1.807) is 0 Å². The van der Waals surface area contributed by atoms with E-state index in [2.05, 4.69) is 0 Å². The van der Waals surface area contributed by atoms with Crippen LogP contribution in [0.15, 0.2) is 18.2 Å². The molecule has 1 aromatic carbocycles. The Bertz CT molecular complexity index is 547. The zero-order valence-corrected chi connectivity index (χ0v) is 11.0. The number of carbonyl (C=O) groups is 2. The van der Waals surface area contributed by atoms with Gasteiger partial charge in [0.1, 0.15) is 11.6 Å². The molecule has 0 radical (unpaired) electrons. The first-order chi connectivity index (χ1) is 9.45. The maximum atomic E-state index is 13.9. The number of benzene rings is 1.